The van der Waals surface area contributed by atoms with Gasteiger partial charge in [-0.05, 0) is 82.0 Å². The van der Waals surface area contributed by atoms with Crippen LogP contribution >= 0.6 is 0 Å². The Bertz CT molecular complexity index is 581. The Morgan fingerprint density at radius 1 is 1.03 bits per heavy atom. The summed E-state index contributed by atoms with van der Waals surface area (Å²) in [5.74, 6) is 0.693. The summed E-state index contributed by atoms with van der Waals surface area (Å²) in [5.41, 5.74) is 2.43. The Balaban J connectivity index is 0.00000158. The van der Waals surface area contributed by atoms with Crippen LogP contribution in [-0.2, 0) is 0 Å². The molecule has 0 aromatic heterocycles. The van der Waals surface area contributed by atoms with Crippen molar-refractivity contribution >= 4 is 0 Å². The Morgan fingerprint density at radius 2 is 1.64 bits per heavy atom. The van der Waals surface area contributed by atoms with Crippen LogP contribution in [0.25, 0.3) is 0 Å². The fourth-order valence-corrected chi connectivity index (χ4v) is 7.37. The van der Waals surface area contributed by atoms with Crippen LogP contribution in [0, 0.1) is 22.2 Å². The van der Waals surface area contributed by atoms with E-state index >= 15 is 0 Å². The number of aliphatic hydroxyl groups is 1. The van der Waals surface area contributed by atoms with E-state index in [1.54, 1.807) is 5.57 Å². The molecule has 3 aliphatic rings. The minimum Gasteiger partial charge on any atom is -0.395 e. The standard InChI is InChI=1S/C25H45NO.2C2H6.C2H4/c1-7-8-11-19(2)26-24(6)17-16-23(5)20(22(24,3)4)13-15-25(18-27)14-10-9-12-21(23)25;3*1-2/h12,19-20,26-27H,7-11,13-18H2,1-6H3;2*1-2H3;1-2H2. The maximum absolute atomic E-state index is 10.4. The van der Waals surface area contributed by atoms with Gasteiger partial charge in [-0.1, -0.05) is 79.9 Å². The molecule has 2 heteroatoms. The van der Waals surface area contributed by atoms with Crippen molar-refractivity contribution in [2.24, 2.45) is 22.2 Å². The molecule has 0 aliphatic heterocycles. The molecule has 0 aromatic carbocycles. The third kappa shape index (κ3) is 6.35. The normalized spacial score (nSPS) is 34.9. The summed E-state index contributed by atoms with van der Waals surface area (Å²) in [7, 11) is 0. The second-order valence-corrected chi connectivity index (χ2v) is 11.2. The molecule has 5 unspecified atom stereocenters. The number of hydrogen-bond acceptors (Lipinski definition) is 2. The lowest BCUT2D eigenvalue weighted by Crippen LogP contribution is -2.66. The van der Waals surface area contributed by atoms with Gasteiger partial charge in [0.2, 0.25) is 0 Å². The summed E-state index contributed by atoms with van der Waals surface area (Å²) >= 11 is 0. The van der Waals surface area contributed by atoms with Gasteiger partial charge in [0.05, 0.1) is 6.61 Å². The molecule has 0 amide bonds. The van der Waals surface area contributed by atoms with Crippen LogP contribution < -0.4 is 5.32 Å². The van der Waals surface area contributed by atoms with Crippen molar-refractivity contribution in [1.29, 1.82) is 0 Å². The zero-order valence-corrected chi connectivity index (χ0v) is 24.4. The fourth-order valence-electron chi connectivity index (χ4n) is 7.37. The summed E-state index contributed by atoms with van der Waals surface area (Å²) < 4.78 is 0. The SMILES string of the molecule is C=C.CC.CC.CCCCC(C)NC1(C)CCC2(C)C3=CCCCC3(CO)CCC2C1(C)C. The summed E-state index contributed by atoms with van der Waals surface area (Å²) in [5, 5.41) is 14.5. The highest BCUT2D eigenvalue weighted by molar-refractivity contribution is 5.32. The maximum Gasteiger partial charge on any atom is 0.0524 e. The molecule has 3 rings (SSSR count). The lowest BCUT2D eigenvalue weighted by atomic mass is 9.41. The predicted octanol–water partition coefficient (Wildman–Crippen LogP) is 9.09. The van der Waals surface area contributed by atoms with Crippen molar-refractivity contribution in [2.45, 2.75) is 145 Å². The molecule has 3 aliphatic carbocycles. The van der Waals surface area contributed by atoms with E-state index in [-0.39, 0.29) is 21.8 Å². The van der Waals surface area contributed by atoms with Crippen LogP contribution in [0.3, 0.4) is 0 Å². The molecule has 5 atom stereocenters. The van der Waals surface area contributed by atoms with Crippen molar-refractivity contribution in [3.8, 4) is 0 Å². The van der Waals surface area contributed by atoms with E-state index in [2.05, 4.69) is 66.1 Å². The lowest BCUT2D eigenvalue weighted by Gasteiger charge is -2.66. The second kappa shape index (κ2) is 14.1. The number of aliphatic hydroxyl groups excluding tert-OH is 1. The first kappa shape index (κ1) is 32.4. The topological polar surface area (TPSA) is 32.3 Å². The number of allylic oxidation sites excluding steroid dienone is 1. The van der Waals surface area contributed by atoms with Gasteiger partial charge < -0.3 is 10.4 Å². The Kier molecular flexibility index (Phi) is 13.8. The van der Waals surface area contributed by atoms with E-state index in [0.717, 1.165) is 0 Å². The number of rotatable bonds is 6. The minimum atomic E-state index is 0.0924. The number of fused-ring (bicyclic) bond motifs is 3. The van der Waals surface area contributed by atoms with E-state index in [0.29, 0.717) is 18.6 Å². The molecule has 33 heavy (non-hydrogen) atoms. The smallest absolute Gasteiger partial charge is 0.0524 e. The van der Waals surface area contributed by atoms with Gasteiger partial charge in [-0.15, -0.1) is 13.2 Å². The highest BCUT2D eigenvalue weighted by Crippen LogP contribution is 2.67. The molecule has 0 spiro atoms. The highest BCUT2D eigenvalue weighted by atomic mass is 16.3. The zero-order chi connectivity index (χ0) is 25.9. The Labute approximate surface area is 209 Å². The van der Waals surface area contributed by atoms with E-state index in [1.165, 1.54) is 64.2 Å². The van der Waals surface area contributed by atoms with Crippen molar-refractivity contribution in [3.63, 3.8) is 0 Å². The first-order valence-electron chi connectivity index (χ1n) is 14.2. The van der Waals surface area contributed by atoms with E-state index in [9.17, 15) is 5.11 Å². The van der Waals surface area contributed by atoms with E-state index < -0.39 is 0 Å². The lowest BCUT2D eigenvalue weighted by molar-refractivity contribution is -0.0993. The van der Waals surface area contributed by atoms with Crippen LogP contribution in [0.1, 0.15) is 133 Å². The average molecular weight is 464 g/mol. The molecular weight excluding hydrogens is 402 g/mol. The van der Waals surface area contributed by atoms with E-state index in [1.807, 2.05) is 27.7 Å². The average Bonchev–Trinajstić information content (AvgIpc) is 2.84. The molecular formula is C31H61NO. The van der Waals surface area contributed by atoms with Crippen molar-refractivity contribution in [2.75, 3.05) is 6.61 Å². The van der Waals surface area contributed by atoms with Gasteiger partial charge >= 0.3 is 0 Å². The molecule has 2 N–H and O–H groups in total. The molecule has 2 saturated carbocycles. The number of unbranched alkanes of at least 4 members (excludes halogenated alkanes) is 1. The minimum absolute atomic E-state index is 0.0924. The van der Waals surface area contributed by atoms with Crippen LogP contribution in [0.4, 0.5) is 0 Å². The molecule has 2 fully saturated rings. The third-order valence-electron chi connectivity index (χ3n) is 9.37. The monoisotopic (exact) mass is 463 g/mol. The summed E-state index contributed by atoms with van der Waals surface area (Å²) in [4.78, 5) is 0. The van der Waals surface area contributed by atoms with Gasteiger partial charge in [0.15, 0.2) is 0 Å². The summed E-state index contributed by atoms with van der Waals surface area (Å²) in [6.07, 6.45) is 15.0. The van der Waals surface area contributed by atoms with Crippen LogP contribution in [0.2, 0.25) is 0 Å². The van der Waals surface area contributed by atoms with Crippen LogP contribution in [0.5, 0.6) is 0 Å². The summed E-state index contributed by atoms with van der Waals surface area (Å²) in [6, 6.07) is 0.590. The number of nitrogens with one attached hydrogen (secondary N) is 1. The van der Waals surface area contributed by atoms with Gasteiger partial charge in [-0.25, -0.2) is 0 Å². The van der Waals surface area contributed by atoms with Gasteiger partial charge in [-0.2, -0.15) is 0 Å². The van der Waals surface area contributed by atoms with Crippen molar-refractivity contribution < 1.29 is 5.11 Å². The molecule has 0 bridgehead atoms. The highest BCUT2D eigenvalue weighted by Gasteiger charge is 2.62. The first-order chi connectivity index (χ1) is 15.7. The third-order valence-corrected chi connectivity index (χ3v) is 9.37. The van der Waals surface area contributed by atoms with Gasteiger partial charge in [0, 0.05) is 17.0 Å². The van der Waals surface area contributed by atoms with E-state index in [4.69, 9.17) is 0 Å². The van der Waals surface area contributed by atoms with Gasteiger partial charge in [0.1, 0.15) is 0 Å². The molecule has 2 nitrogen and oxygen atoms in total. The largest absolute Gasteiger partial charge is 0.395 e. The van der Waals surface area contributed by atoms with Crippen LogP contribution in [0.15, 0.2) is 24.8 Å². The van der Waals surface area contributed by atoms with Gasteiger partial charge in [0.25, 0.3) is 0 Å². The zero-order valence-electron chi connectivity index (χ0n) is 24.4. The second-order valence-electron chi connectivity index (χ2n) is 11.2. The Morgan fingerprint density at radius 3 is 2.18 bits per heavy atom. The quantitative estimate of drug-likeness (QED) is 0.385. The molecule has 0 saturated heterocycles. The first-order valence-corrected chi connectivity index (χ1v) is 14.2. The van der Waals surface area contributed by atoms with Crippen LogP contribution in [-0.4, -0.2) is 23.3 Å². The molecule has 0 aromatic rings. The maximum atomic E-state index is 10.4. The van der Waals surface area contributed by atoms with Crippen molar-refractivity contribution in [3.05, 3.63) is 24.8 Å². The molecule has 196 valence electrons. The molecule has 0 radical (unpaired) electrons. The number of hydrogen-bond donors (Lipinski definition) is 2. The van der Waals surface area contributed by atoms with Crippen molar-refractivity contribution in [1.82, 2.24) is 5.32 Å². The fraction of sp³-hybridized carbons (Fsp3) is 0.871. The van der Waals surface area contributed by atoms with Gasteiger partial charge in [-0.3, -0.25) is 0 Å². The summed E-state index contributed by atoms with van der Waals surface area (Å²) in [6.45, 7) is 29.1. The Hall–Kier alpha value is -0.600. The molecule has 0 heterocycles. The predicted molar refractivity (Wildman–Crippen MR) is 150 cm³/mol.